The Balaban J connectivity index is 2.88. The van der Waals surface area contributed by atoms with Crippen molar-refractivity contribution in [2.24, 2.45) is 0 Å². The Morgan fingerprint density at radius 1 is 1.13 bits per heavy atom. The van der Waals surface area contributed by atoms with Crippen molar-refractivity contribution in [3.8, 4) is 0 Å². The number of nitrogens with one attached hydrogen (secondary N) is 1. The summed E-state index contributed by atoms with van der Waals surface area (Å²) in [7, 11) is 0. The van der Waals surface area contributed by atoms with Crippen LogP contribution in [-0.4, -0.2) is 30.1 Å². The first-order valence-corrected chi connectivity index (χ1v) is 7.45. The van der Waals surface area contributed by atoms with Crippen LogP contribution in [0.2, 0.25) is 0 Å². The molecule has 0 aliphatic heterocycles. The molecule has 23 heavy (non-hydrogen) atoms. The molecule has 1 amide bonds. The molecular formula is C17H23NO5. The highest BCUT2D eigenvalue weighted by molar-refractivity contribution is 6.00. The molecule has 1 atom stereocenters. The maximum absolute atomic E-state index is 12.4. The third kappa shape index (κ3) is 6.95. The van der Waals surface area contributed by atoms with Gasteiger partial charge in [-0.05, 0) is 33.3 Å². The Hall–Kier alpha value is -2.37. The summed E-state index contributed by atoms with van der Waals surface area (Å²) in [5.41, 5.74) is -0.108. The first-order valence-electron chi connectivity index (χ1n) is 7.45. The first-order chi connectivity index (χ1) is 10.7. The lowest BCUT2D eigenvalue weighted by molar-refractivity contribution is -0.146. The number of Topliss-reactive ketones (excluding diaryl/α,β-unsaturated/α-hetero) is 1. The standard InChI is InChI=1S/C17H23NO5/c1-5-22-14(20)11-13(19)15(12-9-7-6-8-10-12)18-16(21)23-17(2,3)4/h6-10,15H,5,11H2,1-4H3,(H,18,21)/t15-/m0/s1. The van der Waals surface area contributed by atoms with Gasteiger partial charge in [0.1, 0.15) is 18.1 Å². The number of ketones is 1. The lowest BCUT2D eigenvalue weighted by Gasteiger charge is -2.23. The fourth-order valence-electron chi connectivity index (χ4n) is 1.88. The Bertz CT molecular complexity index is 548. The second kappa shape index (κ2) is 8.31. The van der Waals surface area contributed by atoms with Crippen LogP contribution in [-0.2, 0) is 19.1 Å². The Morgan fingerprint density at radius 3 is 2.26 bits per heavy atom. The van der Waals surface area contributed by atoms with E-state index in [-0.39, 0.29) is 6.61 Å². The molecule has 0 unspecified atom stereocenters. The lowest BCUT2D eigenvalue weighted by atomic mass is 10.0. The number of ether oxygens (including phenoxy) is 2. The molecule has 0 aromatic heterocycles. The topological polar surface area (TPSA) is 81.7 Å². The van der Waals surface area contributed by atoms with Crippen LogP contribution >= 0.6 is 0 Å². The van der Waals surface area contributed by atoms with E-state index in [1.54, 1.807) is 58.0 Å². The van der Waals surface area contributed by atoms with Gasteiger partial charge in [-0.2, -0.15) is 0 Å². The molecular weight excluding hydrogens is 298 g/mol. The van der Waals surface area contributed by atoms with Crippen LogP contribution in [0.1, 0.15) is 45.7 Å². The molecule has 1 aromatic carbocycles. The predicted octanol–water partition coefficient (Wildman–Crippen LogP) is 2.77. The van der Waals surface area contributed by atoms with E-state index < -0.39 is 35.9 Å². The molecule has 0 spiro atoms. The van der Waals surface area contributed by atoms with Crippen molar-refractivity contribution in [1.29, 1.82) is 0 Å². The van der Waals surface area contributed by atoms with Crippen LogP contribution in [0.3, 0.4) is 0 Å². The zero-order chi connectivity index (χ0) is 17.5. The highest BCUT2D eigenvalue weighted by Gasteiger charge is 2.27. The molecule has 0 heterocycles. The molecule has 1 aromatic rings. The van der Waals surface area contributed by atoms with Crippen LogP contribution in [0.4, 0.5) is 4.79 Å². The van der Waals surface area contributed by atoms with Gasteiger partial charge in [0.2, 0.25) is 0 Å². The van der Waals surface area contributed by atoms with Crippen LogP contribution in [0.5, 0.6) is 0 Å². The Labute approximate surface area is 136 Å². The maximum Gasteiger partial charge on any atom is 0.408 e. The second-order valence-corrected chi connectivity index (χ2v) is 5.94. The SMILES string of the molecule is CCOC(=O)CC(=O)[C@@H](NC(=O)OC(C)(C)C)c1ccccc1. The van der Waals surface area contributed by atoms with Gasteiger partial charge in [0.05, 0.1) is 6.61 Å². The normalized spacial score (nSPS) is 12.2. The highest BCUT2D eigenvalue weighted by Crippen LogP contribution is 2.17. The van der Waals surface area contributed by atoms with E-state index in [1.807, 2.05) is 0 Å². The number of carbonyl (C=O) groups is 3. The zero-order valence-electron chi connectivity index (χ0n) is 13.9. The van der Waals surface area contributed by atoms with Crippen molar-refractivity contribution in [2.45, 2.75) is 45.8 Å². The molecule has 0 radical (unpaired) electrons. The summed E-state index contributed by atoms with van der Waals surface area (Å²) < 4.78 is 9.95. The number of rotatable bonds is 6. The van der Waals surface area contributed by atoms with E-state index in [4.69, 9.17) is 9.47 Å². The fourth-order valence-corrected chi connectivity index (χ4v) is 1.88. The highest BCUT2D eigenvalue weighted by atomic mass is 16.6. The molecule has 0 saturated carbocycles. The van der Waals surface area contributed by atoms with Gasteiger partial charge in [0.25, 0.3) is 0 Å². The Kier molecular flexibility index (Phi) is 6.75. The van der Waals surface area contributed by atoms with E-state index in [9.17, 15) is 14.4 Å². The first kappa shape index (κ1) is 18.7. The number of hydrogen-bond acceptors (Lipinski definition) is 5. The monoisotopic (exact) mass is 321 g/mol. The number of amides is 1. The van der Waals surface area contributed by atoms with Crippen molar-refractivity contribution in [3.05, 3.63) is 35.9 Å². The number of carbonyl (C=O) groups excluding carboxylic acids is 3. The maximum atomic E-state index is 12.4. The van der Waals surface area contributed by atoms with Gasteiger partial charge < -0.3 is 14.8 Å². The number of benzene rings is 1. The molecule has 0 aliphatic carbocycles. The van der Waals surface area contributed by atoms with E-state index in [1.165, 1.54) is 0 Å². The lowest BCUT2D eigenvalue weighted by Crippen LogP contribution is -2.38. The molecule has 6 heteroatoms. The van der Waals surface area contributed by atoms with E-state index in [0.29, 0.717) is 5.56 Å². The average molecular weight is 321 g/mol. The largest absolute Gasteiger partial charge is 0.466 e. The van der Waals surface area contributed by atoms with Crippen molar-refractivity contribution >= 4 is 17.8 Å². The minimum absolute atomic E-state index is 0.196. The van der Waals surface area contributed by atoms with Gasteiger partial charge in [-0.1, -0.05) is 30.3 Å². The summed E-state index contributed by atoms with van der Waals surface area (Å²) >= 11 is 0. The molecule has 1 N–H and O–H groups in total. The molecule has 6 nitrogen and oxygen atoms in total. The summed E-state index contributed by atoms with van der Waals surface area (Å²) in [6, 6.07) is 7.73. The zero-order valence-corrected chi connectivity index (χ0v) is 13.9. The summed E-state index contributed by atoms with van der Waals surface area (Å²) in [4.78, 5) is 35.8. The molecule has 0 saturated heterocycles. The van der Waals surface area contributed by atoms with Crippen molar-refractivity contribution in [2.75, 3.05) is 6.61 Å². The fraction of sp³-hybridized carbons (Fsp3) is 0.471. The average Bonchev–Trinajstić information content (AvgIpc) is 2.44. The molecule has 0 aliphatic rings. The Morgan fingerprint density at radius 2 is 1.74 bits per heavy atom. The van der Waals surface area contributed by atoms with Gasteiger partial charge in [0, 0.05) is 0 Å². The smallest absolute Gasteiger partial charge is 0.408 e. The minimum Gasteiger partial charge on any atom is -0.466 e. The van der Waals surface area contributed by atoms with Crippen molar-refractivity contribution < 1.29 is 23.9 Å². The van der Waals surface area contributed by atoms with E-state index in [2.05, 4.69) is 5.32 Å². The van der Waals surface area contributed by atoms with Gasteiger partial charge in [-0.15, -0.1) is 0 Å². The molecule has 1 rings (SSSR count). The van der Waals surface area contributed by atoms with Crippen LogP contribution < -0.4 is 5.32 Å². The quantitative estimate of drug-likeness (QED) is 0.643. The van der Waals surface area contributed by atoms with Crippen LogP contribution in [0.15, 0.2) is 30.3 Å². The van der Waals surface area contributed by atoms with E-state index >= 15 is 0 Å². The summed E-state index contributed by atoms with van der Waals surface area (Å²) in [6.07, 6.45) is -1.13. The van der Waals surface area contributed by atoms with Gasteiger partial charge in [0.15, 0.2) is 5.78 Å². The van der Waals surface area contributed by atoms with Crippen LogP contribution in [0, 0.1) is 0 Å². The molecule has 126 valence electrons. The second-order valence-electron chi connectivity index (χ2n) is 5.94. The number of alkyl carbamates (subject to hydrolysis) is 1. The third-order valence-electron chi connectivity index (χ3n) is 2.74. The minimum atomic E-state index is -0.963. The van der Waals surface area contributed by atoms with E-state index in [0.717, 1.165) is 0 Å². The van der Waals surface area contributed by atoms with Gasteiger partial charge in [-0.25, -0.2) is 4.79 Å². The number of esters is 1. The summed E-state index contributed by atoms with van der Waals surface area (Å²) in [6.45, 7) is 7.04. The van der Waals surface area contributed by atoms with Crippen molar-refractivity contribution in [1.82, 2.24) is 5.32 Å². The predicted molar refractivity (Wildman–Crippen MR) is 84.8 cm³/mol. The molecule has 0 bridgehead atoms. The van der Waals surface area contributed by atoms with Gasteiger partial charge in [-0.3, -0.25) is 9.59 Å². The summed E-state index contributed by atoms with van der Waals surface area (Å²) in [5.74, 6) is -1.08. The number of hydrogen-bond donors (Lipinski definition) is 1. The summed E-state index contributed by atoms with van der Waals surface area (Å²) in [5, 5.41) is 2.52. The van der Waals surface area contributed by atoms with Gasteiger partial charge >= 0.3 is 12.1 Å². The van der Waals surface area contributed by atoms with Crippen LogP contribution in [0.25, 0.3) is 0 Å². The third-order valence-corrected chi connectivity index (χ3v) is 2.74. The van der Waals surface area contributed by atoms with Crippen molar-refractivity contribution in [3.63, 3.8) is 0 Å². The molecule has 0 fully saturated rings.